The van der Waals surface area contributed by atoms with Gasteiger partial charge in [-0.05, 0) is 50.4 Å². The molecule has 2 aliphatic rings. The predicted molar refractivity (Wildman–Crippen MR) is 56.7 cm³/mol. The van der Waals surface area contributed by atoms with Crippen molar-refractivity contribution in [3.05, 3.63) is 0 Å². The van der Waals surface area contributed by atoms with Crippen molar-refractivity contribution < 1.29 is 0 Å². The van der Waals surface area contributed by atoms with E-state index in [1.165, 1.54) is 38.5 Å². The third kappa shape index (κ3) is 2.46. The first kappa shape index (κ1) is 9.51. The van der Waals surface area contributed by atoms with Crippen LogP contribution >= 0.6 is 0 Å². The highest BCUT2D eigenvalue weighted by atomic mass is 15.0. The SMILES string of the molecule is CC1CCC(NC2CC(C)C2)CC1. The molecule has 76 valence electrons. The summed E-state index contributed by atoms with van der Waals surface area (Å²) in [4.78, 5) is 0. The number of hydrogen-bond donors (Lipinski definition) is 1. The summed E-state index contributed by atoms with van der Waals surface area (Å²) in [5.74, 6) is 1.97. The van der Waals surface area contributed by atoms with E-state index in [0.717, 1.165) is 23.9 Å². The minimum absolute atomic E-state index is 0.855. The number of hydrogen-bond acceptors (Lipinski definition) is 1. The highest BCUT2D eigenvalue weighted by Crippen LogP contribution is 2.29. The molecular formula is C12H23N. The van der Waals surface area contributed by atoms with Crippen LogP contribution in [0.15, 0.2) is 0 Å². The lowest BCUT2D eigenvalue weighted by molar-refractivity contribution is 0.194. The summed E-state index contributed by atoms with van der Waals surface area (Å²) >= 11 is 0. The highest BCUT2D eigenvalue weighted by molar-refractivity contribution is 4.86. The summed E-state index contributed by atoms with van der Waals surface area (Å²) in [7, 11) is 0. The maximum atomic E-state index is 3.81. The van der Waals surface area contributed by atoms with Gasteiger partial charge in [0.2, 0.25) is 0 Å². The molecule has 2 rings (SSSR count). The molecule has 0 heterocycles. The molecule has 1 nitrogen and oxygen atoms in total. The number of rotatable bonds is 2. The minimum Gasteiger partial charge on any atom is -0.311 e. The smallest absolute Gasteiger partial charge is 0.00747 e. The molecule has 13 heavy (non-hydrogen) atoms. The van der Waals surface area contributed by atoms with Crippen molar-refractivity contribution in [3.8, 4) is 0 Å². The first-order valence-electron chi connectivity index (χ1n) is 6.00. The first-order chi connectivity index (χ1) is 6.24. The summed E-state index contributed by atoms with van der Waals surface area (Å²) in [6, 6.07) is 1.72. The molecule has 0 saturated heterocycles. The molecular weight excluding hydrogens is 158 g/mol. The molecule has 0 unspecified atom stereocenters. The third-order valence-corrected chi connectivity index (χ3v) is 3.86. The molecule has 0 amide bonds. The lowest BCUT2D eigenvalue weighted by Crippen LogP contribution is -2.46. The van der Waals surface area contributed by atoms with Gasteiger partial charge < -0.3 is 5.32 Å². The van der Waals surface area contributed by atoms with Gasteiger partial charge in [0, 0.05) is 12.1 Å². The van der Waals surface area contributed by atoms with E-state index in [9.17, 15) is 0 Å². The Hall–Kier alpha value is -0.0400. The van der Waals surface area contributed by atoms with E-state index < -0.39 is 0 Å². The Bertz CT molecular complexity index is 153. The fourth-order valence-electron chi connectivity index (χ4n) is 2.80. The fourth-order valence-corrected chi connectivity index (χ4v) is 2.80. The Morgan fingerprint density at radius 3 is 1.92 bits per heavy atom. The summed E-state index contributed by atoms with van der Waals surface area (Å²) in [5.41, 5.74) is 0. The number of nitrogens with one attached hydrogen (secondary N) is 1. The van der Waals surface area contributed by atoms with E-state index in [1.807, 2.05) is 0 Å². The second-order valence-corrected chi connectivity index (χ2v) is 5.40. The molecule has 2 fully saturated rings. The van der Waals surface area contributed by atoms with Gasteiger partial charge in [0.15, 0.2) is 0 Å². The normalized spacial score (nSPS) is 45.7. The Morgan fingerprint density at radius 2 is 1.38 bits per heavy atom. The largest absolute Gasteiger partial charge is 0.311 e. The van der Waals surface area contributed by atoms with Gasteiger partial charge in [0.25, 0.3) is 0 Å². The van der Waals surface area contributed by atoms with E-state index in [-0.39, 0.29) is 0 Å². The van der Waals surface area contributed by atoms with Crippen LogP contribution in [0.2, 0.25) is 0 Å². The molecule has 0 radical (unpaired) electrons. The van der Waals surface area contributed by atoms with Crippen molar-refractivity contribution in [3.63, 3.8) is 0 Å². The molecule has 0 aromatic heterocycles. The van der Waals surface area contributed by atoms with Crippen molar-refractivity contribution in [1.82, 2.24) is 5.32 Å². The van der Waals surface area contributed by atoms with Crippen molar-refractivity contribution >= 4 is 0 Å². The summed E-state index contributed by atoms with van der Waals surface area (Å²) in [6.45, 7) is 4.75. The topological polar surface area (TPSA) is 12.0 Å². The molecule has 1 N–H and O–H groups in total. The Morgan fingerprint density at radius 1 is 0.769 bits per heavy atom. The zero-order valence-electron chi connectivity index (χ0n) is 9.05. The summed E-state index contributed by atoms with van der Waals surface area (Å²) in [5, 5.41) is 3.81. The third-order valence-electron chi connectivity index (χ3n) is 3.86. The Kier molecular flexibility index (Phi) is 2.92. The van der Waals surface area contributed by atoms with Crippen molar-refractivity contribution in [1.29, 1.82) is 0 Å². The lowest BCUT2D eigenvalue weighted by Gasteiger charge is -2.38. The van der Waals surface area contributed by atoms with Gasteiger partial charge in [-0.1, -0.05) is 13.8 Å². The molecule has 0 aliphatic heterocycles. The van der Waals surface area contributed by atoms with Crippen LogP contribution in [-0.4, -0.2) is 12.1 Å². The minimum atomic E-state index is 0.855. The molecule has 1 heteroatoms. The van der Waals surface area contributed by atoms with Crippen molar-refractivity contribution in [2.24, 2.45) is 11.8 Å². The van der Waals surface area contributed by atoms with Gasteiger partial charge >= 0.3 is 0 Å². The zero-order valence-corrected chi connectivity index (χ0v) is 9.05. The first-order valence-corrected chi connectivity index (χ1v) is 6.00. The summed E-state index contributed by atoms with van der Waals surface area (Å²) in [6.07, 6.45) is 8.58. The van der Waals surface area contributed by atoms with Crippen LogP contribution in [-0.2, 0) is 0 Å². The molecule has 0 aromatic rings. The van der Waals surface area contributed by atoms with Crippen LogP contribution in [0.3, 0.4) is 0 Å². The average molecular weight is 181 g/mol. The molecule has 0 aromatic carbocycles. The van der Waals surface area contributed by atoms with E-state index in [4.69, 9.17) is 0 Å². The van der Waals surface area contributed by atoms with Gasteiger partial charge in [0.05, 0.1) is 0 Å². The summed E-state index contributed by atoms with van der Waals surface area (Å²) < 4.78 is 0. The monoisotopic (exact) mass is 181 g/mol. The molecule has 0 spiro atoms. The second-order valence-electron chi connectivity index (χ2n) is 5.40. The quantitative estimate of drug-likeness (QED) is 0.690. The Labute approximate surface area is 82.3 Å². The van der Waals surface area contributed by atoms with E-state index >= 15 is 0 Å². The highest BCUT2D eigenvalue weighted by Gasteiger charge is 2.28. The van der Waals surface area contributed by atoms with Crippen LogP contribution in [0.25, 0.3) is 0 Å². The Balaban J connectivity index is 1.65. The van der Waals surface area contributed by atoms with Crippen molar-refractivity contribution in [2.45, 2.75) is 64.5 Å². The molecule has 0 bridgehead atoms. The standard InChI is InChI=1S/C12H23N/c1-9-3-5-11(6-4-9)13-12-7-10(2)8-12/h9-13H,3-8H2,1-2H3. The van der Waals surface area contributed by atoms with E-state index in [1.54, 1.807) is 0 Å². The van der Waals surface area contributed by atoms with Gasteiger partial charge in [0.1, 0.15) is 0 Å². The van der Waals surface area contributed by atoms with E-state index in [2.05, 4.69) is 19.2 Å². The molecule has 2 aliphatic carbocycles. The van der Waals surface area contributed by atoms with Crippen LogP contribution in [0, 0.1) is 11.8 Å². The van der Waals surface area contributed by atoms with Gasteiger partial charge in [-0.25, -0.2) is 0 Å². The molecule has 0 atom stereocenters. The van der Waals surface area contributed by atoms with Gasteiger partial charge in [-0.3, -0.25) is 0 Å². The average Bonchev–Trinajstić information content (AvgIpc) is 2.06. The maximum absolute atomic E-state index is 3.81. The fraction of sp³-hybridized carbons (Fsp3) is 1.00. The van der Waals surface area contributed by atoms with Gasteiger partial charge in [-0.2, -0.15) is 0 Å². The van der Waals surface area contributed by atoms with Gasteiger partial charge in [-0.15, -0.1) is 0 Å². The predicted octanol–water partition coefficient (Wildman–Crippen LogP) is 2.95. The lowest BCUT2D eigenvalue weighted by atomic mass is 9.80. The molecule has 2 saturated carbocycles. The van der Waals surface area contributed by atoms with Crippen LogP contribution < -0.4 is 5.32 Å². The van der Waals surface area contributed by atoms with Crippen LogP contribution in [0.4, 0.5) is 0 Å². The maximum Gasteiger partial charge on any atom is 0.00747 e. The second kappa shape index (κ2) is 4.00. The van der Waals surface area contributed by atoms with Crippen LogP contribution in [0.1, 0.15) is 52.4 Å². The van der Waals surface area contributed by atoms with E-state index in [0.29, 0.717) is 0 Å². The van der Waals surface area contributed by atoms with Crippen LogP contribution in [0.5, 0.6) is 0 Å². The zero-order chi connectivity index (χ0) is 9.26. The van der Waals surface area contributed by atoms with Crippen molar-refractivity contribution in [2.75, 3.05) is 0 Å².